The number of unbranched alkanes of at least 4 members (excludes halogenated alkanes) is 3. The SMILES string of the molecule is CCCCCCNCC.[Ni]. The normalized spacial score (nSPS) is 9.00. The van der Waals surface area contributed by atoms with E-state index in [1.165, 1.54) is 32.2 Å². The molecule has 0 aromatic carbocycles. The standard InChI is InChI=1S/C8H19N.Ni/c1-3-5-6-7-8-9-4-2;/h9H,3-8H2,1-2H3;. The maximum atomic E-state index is 3.31. The van der Waals surface area contributed by atoms with Crippen molar-refractivity contribution in [1.29, 1.82) is 0 Å². The zero-order valence-electron chi connectivity index (χ0n) is 7.06. The first-order valence-corrected chi connectivity index (χ1v) is 4.12. The van der Waals surface area contributed by atoms with E-state index in [1.807, 2.05) is 0 Å². The molecule has 66 valence electrons. The van der Waals surface area contributed by atoms with Crippen molar-refractivity contribution in [3.63, 3.8) is 0 Å². The molecule has 0 aromatic heterocycles. The Morgan fingerprint density at radius 1 is 1.00 bits per heavy atom. The summed E-state index contributed by atoms with van der Waals surface area (Å²) in [6.45, 7) is 6.72. The first-order valence-electron chi connectivity index (χ1n) is 4.12. The molecule has 0 aromatic rings. The van der Waals surface area contributed by atoms with E-state index in [1.54, 1.807) is 0 Å². The second-order valence-corrected chi connectivity index (χ2v) is 2.41. The molecule has 0 fully saturated rings. The van der Waals surface area contributed by atoms with E-state index in [4.69, 9.17) is 0 Å². The van der Waals surface area contributed by atoms with E-state index in [0.717, 1.165) is 6.54 Å². The Hall–Kier alpha value is 0.454. The van der Waals surface area contributed by atoms with E-state index < -0.39 is 0 Å². The zero-order chi connectivity index (χ0) is 6.95. The van der Waals surface area contributed by atoms with Gasteiger partial charge in [0.2, 0.25) is 0 Å². The number of rotatable bonds is 6. The average Bonchev–Trinajstić information content (AvgIpc) is 1.89. The van der Waals surface area contributed by atoms with Gasteiger partial charge in [0, 0.05) is 16.5 Å². The molecule has 0 aliphatic heterocycles. The van der Waals surface area contributed by atoms with Crippen molar-refractivity contribution in [3.05, 3.63) is 0 Å². The van der Waals surface area contributed by atoms with E-state index in [2.05, 4.69) is 19.2 Å². The summed E-state index contributed by atoms with van der Waals surface area (Å²) >= 11 is 0. The van der Waals surface area contributed by atoms with Crippen LogP contribution in [0.25, 0.3) is 0 Å². The van der Waals surface area contributed by atoms with Crippen LogP contribution < -0.4 is 5.32 Å². The molecule has 0 aliphatic rings. The molecule has 0 radical (unpaired) electrons. The molecule has 1 nitrogen and oxygen atoms in total. The molecule has 0 saturated heterocycles. The van der Waals surface area contributed by atoms with Crippen LogP contribution in [0.4, 0.5) is 0 Å². The Morgan fingerprint density at radius 3 is 2.20 bits per heavy atom. The fourth-order valence-electron chi connectivity index (χ4n) is 0.854. The second-order valence-electron chi connectivity index (χ2n) is 2.41. The van der Waals surface area contributed by atoms with Crippen LogP contribution >= 0.6 is 0 Å². The molecule has 0 amide bonds. The Bertz CT molecular complexity index is 42.5. The minimum Gasteiger partial charge on any atom is -0.317 e. The van der Waals surface area contributed by atoms with Crippen molar-refractivity contribution in [2.45, 2.75) is 39.5 Å². The zero-order valence-corrected chi connectivity index (χ0v) is 8.05. The topological polar surface area (TPSA) is 12.0 Å². The van der Waals surface area contributed by atoms with Gasteiger partial charge in [0.1, 0.15) is 0 Å². The summed E-state index contributed by atoms with van der Waals surface area (Å²) in [7, 11) is 0. The number of nitrogens with one attached hydrogen (secondary N) is 1. The molecule has 0 saturated carbocycles. The van der Waals surface area contributed by atoms with Crippen LogP contribution in [0.2, 0.25) is 0 Å². The van der Waals surface area contributed by atoms with Crippen LogP contribution in [0, 0.1) is 0 Å². The molecule has 1 N–H and O–H groups in total. The molecule has 0 heterocycles. The van der Waals surface area contributed by atoms with Gasteiger partial charge in [-0.2, -0.15) is 0 Å². The third-order valence-corrected chi connectivity index (χ3v) is 1.46. The molecule has 0 spiro atoms. The van der Waals surface area contributed by atoms with Crippen LogP contribution in [0.3, 0.4) is 0 Å². The van der Waals surface area contributed by atoms with Crippen molar-refractivity contribution < 1.29 is 16.5 Å². The van der Waals surface area contributed by atoms with E-state index >= 15 is 0 Å². The quantitative estimate of drug-likeness (QED) is 0.497. The van der Waals surface area contributed by atoms with Gasteiger partial charge in [0.15, 0.2) is 0 Å². The van der Waals surface area contributed by atoms with Crippen LogP contribution in [-0.2, 0) is 16.5 Å². The Labute approximate surface area is 74.9 Å². The van der Waals surface area contributed by atoms with Gasteiger partial charge in [-0.1, -0.05) is 33.1 Å². The summed E-state index contributed by atoms with van der Waals surface area (Å²) in [5, 5.41) is 3.31. The average molecular weight is 188 g/mol. The minimum atomic E-state index is 0. The monoisotopic (exact) mass is 187 g/mol. The van der Waals surface area contributed by atoms with Gasteiger partial charge in [0.05, 0.1) is 0 Å². The molecule has 0 bridgehead atoms. The summed E-state index contributed by atoms with van der Waals surface area (Å²) in [5.74, 6) is 0. The maximum absolute atomic E-state index is 3.31. The Balaban J connectivity index is 0. The van der Waals surface area contributed by atoms with Gasteiger partial charge in [-0.15, -0.1) is 0 Å². The third kappa shape index (κ3) is 11.3. The molecular weight excluding hydrogens is 169 g/mol. The summed E-state index contributed by atoms with van der Waals surface area (Å²) in [6, 6.07) is 0. The van der Waals surface area contributed by atoms with Crippen molar-refractivity contribution in [2.24, 2.45) is 0 Å². The molecule has 0 unspecified atom stereocenters. The van der Waals surface area contributed by atoms with Crippen molar-refractivity contribution in [1.82, 2.24) is 5.32 Å². The molecular formula is C8H19NNi. The van der Waals surface area contributed by atoms with Gasteiger partial charge in [0.25, 0.3) is 0 Å². The molecule has 2 heteroatoms. The number of hydrogen-bond donors (Lipinski definition) is 1. The van der Waals surface area contributed by atoms with Crippen LogP contribution in [0.15, 0.2) is 0 Å². The maximum Gasteiger partial charge on any atom is 0 e. The largest absolute Gasteiger partial charge is 0.317 e. The predicted octanol–water partition coefficient (Wildman–Crippen LogP) is 2.17. The van der Waals surface area contributed by atoms with Crippen LogP contribution in [0.5, 0.6) is 0 Å². The second kappa shape index (κ2) is 12.2. The molecule has 0 aliphatic carbocycles. The summed E-state index contributed by atoms with van der Waals surface area (Å²) in [6.07, 6.45) is 5.47. The third-order valence-electron chi connectivity index (χ3n) is 1.46. The molecule has 10 heavy (non-hydrogen) atoms. The molecule has 0 rings (SSSR count). The van der Waals surface area contributed by atoms with Gasteiger partial charge in [-0.05, 0) is 19.5 Å². The summed E-state index contributed by atoms with van der Waals surface area (Å²) in [4.78, 5) is 0. The van der Waals surface area contributed by atoms with Crippen LogP contribution in [0.1, 0.15) is 39.5 Å². The van der Waals surface area contributed by atoms with E-state index in [9.17, 15) is 0 Å². The first kappa shape index (κ1) is 13.1. The fourth-order valence-corrected chi connectivity index (χ4v) is 0.854. The number of hydrogen-bond acceptors (Lipinski definition) is 1. The van der Waals surface area contributed by atoms with Crippen molar-refractivity contribution in [3.8, 4) is 0 Å². The summed E-state index contributed by atoms with van der Waals surface area (Å²) in [5.41, 5.74) is 0. The van der Waals surface area contributed by atoms with E-state index in [0.29, 0.717) is 0 Å². The Kier molecular flexibility index (Phi) is 15.9. The van der Waals surface area contributed by atoms with Gasteiger partial charge < -0.3 is 5.32 Å². The smallest absolute Gasteiger partial charge is 0 e. The van der Waals surface area contributed by atoms with Gasteiger partial charge in [-0.25, -0.2) is 0 Å². The van der Waals surface area contributed by atoms with E-state index in [-0.39, 0.29) is 16.5 Å². The van der Waals surface area contributed by atoms with Crippen molar-refractivity contribution in [2.75, 3.05) is 13.1 Å². The van der Waals surface area contributed by atoms with Gasteiger partial charge in [-0.3, -0.25) is 0 Å². The predicted molar refractivity (Wildman–Crippen MR) is 42.7 cm³/mol. The fraction of sp³-hybridized carbons (Fsp3) is 1.00. The summed E-state index contributed by atoms with van der Waals surface area (Å²) < 4.78 is 0. The van der Waals surface area contributed by atoms with Crippen molar-refractivity contribution >= 4 is 0 Å². The van der Waals surface area contributed by atoms with Gasteiger partial charge >= 0.3 is 0 Å². The minimum absolute atomic E-state index is 0. The Morgan fingerprint density at radius 2 is 1.70 bits per heavy atom. The van der Waals surface area contributed by atoms with Crippen LogP contribution in [-0.4, -0.2) is 13.1 Å². The first-order chi connectivity index (χ1) is 4.41. The molecule has 0 atom stereocenters.